The molecule has 2 amide bonds. The van der Waals surface area contributed by atoms with Crippen LogP contribution in [0.4, 0.5) is 0 Å². The van der Waals surface area contributed by atoms with Gasteiger partial charge in [-0.3, -0.25) is 14.4 Å². The molecule has 2 N–H and O–H groups in total. The van der Waals surface area contributed by atoms with Crippen LogP contribution < -0.4 is 5.32 Å². The fourth-order valence-corrected chi connectivity index (χ4v) is 3.37. The summed E-state index contributed by atoms with van der Waals surface area (Å²) in [4.78, 5) is 36.5. The van der Waals surface area contributed by atoms with Gasteiger partial charge >= 0.3 is 5.97 Å². The zero-order valence-corrected chi connectivity index (χ0v) is 11.8. The number of likely N-dealkylation sites (tertiary alicyclic amines) is 1. The lowest BCUT2D eigenvalue weighted by molar-refractivity contribution is -0.149. The number of carboxylic acids is 1. The van der Waals surface area contributed by atoms with Gasteiger partial charge in [0.1, 0.15) is 0 Å². The molecule has 1 saturated carbocycles. The third kappa shape index (κ3) is 3.29. The molecule has 0 radical (unpaired) electrons. The van der Waals surface area contributed by atoms with E-state index in [9.17, 15) is 19.5 Å². The van der Waals surface area contributed by atoms with Gasteiger partial charge < -0.3 is 15.3 Å². The largest absolute Gasteiger partial charge is 0.481 e. The first-order valence-electron chi connectivity index (χ1n) is 7.27. The molecule has 1 heterocycles. The van der Waals surface area contributed by atoms with Crippen LogP contribution in [0.5, 0.6) is 0 Å². The molecule has 1 unspecified atom stereocenters. The maximum absolute atomic E-state index is 12.5. The summed E-state index contributed by atoms with van der Waals surface area (Å²) >= 11 is 0. The van der Waals surface area contributed by atoms with Crippen LogP contribution in [0, 0.1) is 11.8 Å². The predicted octanol–water partition coefficient (Wildman–Crippen LogP) is 0.614. The number of piperidine rings is 1. The van der Waals surface area contributed by atoms with Gasteiger partial charge in [0, 0.05) is 26.1 Å². The van der Waals surface area contributed by atoms with Crippen molar-refractivity contribution in [2.45, 2.75) is 45.1 Å². The van der Waals surface area contributed by atoms with E-state index < -0.39 is 11.9 Å². The molecule has 20 heavy (non-hydrogen) atoms. The van der Waals surface area contributed by atoms with E-state index in [-0.39, 0.29) is 23.8 Å². The zero-order valence-electron chi connectivity index (χ0n) is 11.8. The second-order valence-corrected chi connectivity index (χ2v) is 5.81. The number of carbonyl (C=O) groups is 3. The van der Waals surface area contributed by atoms with Crippen LogP contribution in [0.25, 0.3) is 0 Å². The van der Waals surface area contributed by atoms with E-state index in [2.05, 4.69) is 5.32 Å². The van der Waals surface area contributed by atoms with E-state index >= 15 is 0 Å². The summed E-state index contributed by atoms with van der Waals surface area (Å²) in [5.74, 6) is -1.93. The SMILES string of the molecule is CC(=O)NC1CCCN(C(=O)[C@@H]2CCC[C@@H]2C(=O)O)C1. The fourth-order valence-electron chi connectivity index (χ4n) is 3.37. The van der Waals surface area contributed by atoms with Crippen LogP contribution in [-0.4, -0.2) is 46.9 Å². The van der Waals surface area contributed by atoms with Crippen molar-refractivity contribution in [2.24, 2.45) is 11.8 Å². The highest BCUT2D eigenvalue weighted by molar-refractivity contribution is 5.85. The Balaban J connectivity index is 1.97. The predicted molar refractivity (Wildman–Crippen MR) is 71.9 cm³/mol. The number of aliphatic carboxylic acids is 1. The maximum atomic E-state index is 12.5. The molecule has 3 atom stereocenters. The molecule has 0 aromatic heterocycles. The second kappa shape index (κ2) is 6.24. The summed E-state index contributed by atoms with van der Waals surface area (Å²) in [6.07, 6.45) is 3.78. The van der Waals surface area contributed by atoms with Gasteiger partial charge in [-0.25, -0.2) is 0 Å². The second-order valence-electron chi connectivity index (χ2n) is 5.81. The maximum Gasteiger partial charge on any atom is 0.307 e. The third-order valence-electron chi connectivity index (χ3n) is 4.29. The Bertz CT molecular complexity index is 410. The first-order valence-corrected chi connectivity index (χ1v) is 7.27. The first-order chi connectivity index (χ1) is 9.49. The van der Waals surface area contributed by atoms with Crippen molar-refractivity contribution in [3.63, 3.8) is 0 Å². The molecule has 2 rings (SSSR count). The molecule has 2 aliphatic rings. The minimum Gasteiger partial charge on any atom is -0.481 e. The summed E-state index contributed by atoms with van der Waals surface area (Å²) < 4.78 is 0. The van der Waals surface area contributed by atoms with E-state index in [4.69, 9.17) is 0 Å². The first kappa shape index (κ1) is 14.8. The van der Waals surface area contributed by atoms with E-state index in [0.717, 1.165) is 19.3 Å². The summed E-state index contributed by atoms with van der Waals surface area (Å²) in [7, 11) is 0. The van der Waals surface area contributed by atoms with Crippen molar-refractivity contribution in [1.29, 1.82) is 0 Å². The number of hydrogen-bond acceptors (Lipinski definition) is 3. The van der Waals surface area contributed by atoms with E-state index in [1.807, 2.05) is 0 Å². The van der Waals surface area contributed by atoms with Crippen LogP contribution in [0.1, 0.15) is 39.0 Å². The van der Waals surface area contributed by atoms with Gasteiger partial charge in [-0.1, -0.05) is 6.42 Å². The van der Waals surface area contributed by atoms with Gasteiger partial charge in [-0.2, -0.15) is 0 Å². The lowest BCUT2D eigenvalue weighted by atomic mass is 9.93. The van der Waals surface area contributed by atoms with Crippen molar-refractivity contribution < 1.29 is 19.5 Å². The monoisotopic (exact) mass is 282 g/mol. The molecule has 1 aliphatic heterocycles. The Morgan fingerprint density at radius 1 is 1.10 bits per heavy atom. The number of rotatable bonds is 3. The molecule has 0 bridgehead atoms. The van der Waals surface area contributed by atoms with Crippen molar-refractivity contribution >= 4 is 17.8 Å². The Labute approximate surface area is 118 Å². The molecular weight excluding hydrogens is 260 g/mol. The summed E-state index contributed by atoms with van der Waals surface area (Å²) in [5.41, 5.74) is 0. The lowest BCUT2D eigenvalue weighted by Gasteiger charge is -2.35. The molecule has 2 fully saturated rings. The van der Waals surface area contributed by atoms with E-state index in [0.29, 0.717) is 25.9 Å². The minimum absolute atomic E-state index is 0.00474. The van der Waals surface area contributed by atoms with Crippen molar-refractivity contribution in [3.8, 4) is 0 Å². The molecule has 1 aliphatic carbocycles. The standard InChI is InChI=1S/C14H22N2O4/c1-9(17)15-10-4-3-7-16(8-10)13(18)11-5-2-6-12(11)14(19)20/h10-12H,2-8H2,1H3,(H,15,17)(H,19,20)/t10?,11-,12+/m1/s1. The molecule has 6 nitrogen and oxygen atoms in total. The molecule has 1 saturated heterocycles. The third-order valence-corrected chi connectivity index (χ3v) is 4.29. The molecule has 0 aromatic rings. The molecule has 0 spiro atoms. The smallest absolute Gasteiger partial charge is 0.307 e. The average molecular weight is 282 g/mol. The molecule has 112 valence electrons. The fraction of sp³-hybridized carbons (Fsp3) is 0.786. The molecule has 6 heteroatoms. The van der Waals surface area contributed by atoms with E-state index in [1.165, 1.54) is 6.92 Å². The van der Waals surface area contributed by atoms with Gasteiger partial charge in [0.25, 0.3) is 0 Å². The normalized spacial score (nSPS) is 30.1. The zero-order chi connectivity index (χ0) is 14.7. The number of nitrogens with one attached hydrogen (secondary N) is 1. The van der Waals surface area contributed by atoms with Crippen LogP contribution in [0.2, 0.25) is 0 Å². The Morgan fingerprint density at radius 3 is 2.45 bits per heavy atom. The van der Waals surface area contributed by atoms with Gasteiger partial charge in [0.05, 0.1) is 11.8 Å². The van der Waals surface area contributed by atoms with Gasteiger partial charge in [0.15, 0.2) is 0 Å². The number of hydrogen-bond donors (Lipinski definition) is 2. The number of amides is 2. The van der Waals surface area contributed by atoms with Crippen LogP contribution in [0.15, 0.2) is 0 Å². The quantitative estimate of drug-likeness (QED) is 0.794. The minimum atomic E-state index is -0.865. The van der Waals surface area contributed by atoms with Crippen molar-refractivity contribution in [3.05, 3.63) is 0 Å². The van der Waals surface area contributed by atoms with Gasteiger partial charge in [-0.15, -0.1) is 0 Å². The summed E-state index contributed by atoms with van der Waals surface area (Å²) in [5, 5.41) is 12.0. The van der Waals surface area contributed by atoms with Crippen LogP contribution in [-0.2, 0) is 14.4 Å². The number of carboxylic acid groups (broad SMARTS) is 1. The topological polar surface area (TPSA) is 86.7 Å². The Kier molecular flexibility index (Phi) is 4.62. The highest BCUT2D eigenvalue weighted by Crippen LogP contribution is 2.34. The summed E-state index contributed by atoms with van der Waals surface area (Å²) in [6.45, 7) is 2.64. The average Bonchev–Trinajstić information content (AvgIpc) is 2.86. The van der Waals surface area contributed by atoms with Gasteiger partial charge in [0.2, 0.25) is 11.8 Å². The van der Waals surface area contributed by atoms with Crippen molar-refractivity contribution in [2.75, 3.05) is 13.1 Å². The number of carbonyl (C=O) groups excluding carboxylic acids is 2. The highest BCUT2D eigenvalue weighted by atomic mass is 16.4. The summed E-state index contributed by atoms with van der Waals surface area (Å²) in [6, 6.07) is -0.00474. The van der Waals surface area contributed by atoms with Gasteiger partial charge in [-0.05, 0) is 25.7 Å². The van der Waals surface area contributed by atoms with Crippen LogP contribution >= 0.6 is 0 Å². The van der Waals surface area contributed by atoms with E-state index in [1.54, 1.807) is 4.90 Å². The van der Waals surface area contributed by atoms with Crippen LogP contribution in [0.3, 0.4) is 0 Å². The highest BCUT2D eigenvalue weighted by Gasteiger charge is 2.40. The molecular formula is C14H22N2O4. The van der Waals surface area contributed by atoms with Crippen molar-refractivity contribution in [1.82, 2.24) is 10.2 Å². The Morgan fingerprint density at radius 2 is 1.80 bits per heavy atom. The number of nitrogens with zero attached hydrogens (tertiary/aromatic N) is 1. The Hall–Kier alpha value is -1.59. The lowest BCUT2D eigenvalue weighted by Crippen LogP contribution is -2.51. The molecule has 0 aromatic carbocycles.